The number of non-ortho nitro benzene ring substituents is 1. The van der Waals surface area contributed by atoms with Crippen molar-refractivity contribution in [3.63, 3.8) is 0 Å². The first-order chi connectivity index (χ1) is 15.1. The molecule has 0 aliphatic heterocycles. The predicted octanol–water partition coefficient (Wildman–Crippen LogP) is 3.17. The topological polar surface area (TPSA) is 128 Å². The summed E-state index contributed by atoms with van der Waals surface area (Å²) in [5, 5.41) is 15.9. The number of benzene rings is 2. The van der Waals surface area contributed by atoms with Crippen LogP contribution in [0.2, 0.25) is 5.02 Å². The lowest BCUT2D eigenvalue weighted by Gasteiger charge is -2.21. The number of carbonyl (C=O) groups excluding carboxylic acids is 3. The highest BCUT2D eigenvalue weighted by Crippen LogP contribution is 2.22. The monoisotopic (exact) mass is 461 g/mol. The number of aryl methyl sites for hydroxylation is 1. The van der Waals surface area contributed by atoms with Gasteiger partial charge in [0.25, 0.3) is 17.5 Å². The summed E-state index contributed by atoms with van der Waals surface area (Å²) in [4.78, 5) is 47.2. The SMILES string of the molecule is Cc1ccc(CNC(=O)COC(=O)[C@@H](NC(=O)c2ccc([N+](=O)[O-])cc2Cl)C(C)C)cc1. The van der Waals surface area contributed by atoms with Gasteiger partial charge in [-0.15, -0.1) is 0 Å². The second kappa shape index (κ2) is 11.2. The van der Waals surface area contributed by atoms with Crippen LogP contribution in [0.1, 0.15) is 35.3 Å². The van der Waals surface area contributed by atoms with E-state index < -0.39 is 35.4 Å². The summed E-state index contributed by atoms with van der Waals surface area (Å²) in [6.07, 6.45) is 0. The van der Waals surface area contributed by atoms with Gasteiger partial charge in [0.1, 0.15) is 6.04 Å². The largest absolute Gasteiger partial charge is 0.454 e. The molecule has 0 aromatic heterocycles. The van der Waals surface area contributed by atoms with Crippen LogP contribution in [-0.4, -0.2) is 35.4 Å². The fourth-order valence-electron chi connectivity index (χ4n) is 2.70. The molecule has 0 saturated carbocycles. The zero-order valence-corrected chi connectivity index (χ0v) is 18.6. The van der Waals surface area contributed by atoms with E-state index in [2.05, 4.69) is 10.6 Å². The van der Waals surface area contributed by atoms with Gasteiger partial charge in [-0.25, -0.2) is 4.79 Å². The Balaban J connectivity index is 1.92. The van der Waals surface area contributed by atoms with Crippen LogP contribution in [0, 0.1) is 23.0 Å². The fourth-order valence-corrected chi connectivity index (χ4v) is 2.96. The summed E-state index contributed by atoms with van der Waals surface area (Å²) in [7, 11) is 0. The Morgan fingerprint density at radius 1 is 1.12 bits per heavy atom. The number of nitrogens with zero attached hydrogens (tertiary/aromatic N) is 1. The number of hydrogen-bond donors (Lipinski definition) is 2. The molecule has 2 amide bonds. The minimum absolute atomic E-state index is 0.0217. The van der Waals surface area contributed by atoms with Gasteiger partial charge in [-0.05, 0) is 24.5 Å². The maximum absolute atomic E-state index is 12.5. The van der Waals surface area contributed by atoms with Gasteiger partial charge >= 0.3 is 5.97 Å². The molecule has 0 fully saturated rings. The third-order valence-corrected chi connectivity index (χ3v) is 4.88. The summed E-state index contributed by atoms with van der Waals surface area (Å²) in [6, 6.07) is 9.98. The maximum Gasteiger partial charge on any atom is 0.329 e. The molecule has 0 heterocycles. The molecule has 2 rings (SSSR count). The summed E-state index contributed by atoms with van der Waals surface area (Å²) in [6.45, 7) is 5.14. The molecule has 2 aromatic carbocycles. The van der Waals surface area contributed by atoms with Crippen LogP contribution < -0.4 is 10.6 Å². The van der Waals surface area contributed by atoms with E-state index in [9.17, 15) is 24.5 Å². The number of carbonyl (C=O) groups is 3. The van der Waals surface area contributed by atoms with E-state index in [1.165, 1.54) is 6.07 Å². The lowest BCUT2D eigenvalue weighted by molar-refractivity contribution is -0.384. The van der Waals surface area contributed by atoms with Gasteiger partial charge in [-0.3, -0.25) is 19.7 Å². The molecule has 9 nitrogen and oxygen atoms in total. The van der Waals surface area contributed by atoms with Crippen molar-refractivity contribution >= 4 is 35.1 Å². The van der Waals surface area contributed by atoms with Crippen LogP contribution >= 0.6 is 11.6 Å². The van der Waals surface area contributed by atoms with Crippen molar-refractivity contribution in [2.24, 2.45) is 5.92 Å². The third kappa shape index (κ3) is 7.05. The molecule has 0 saturated heterocycles. The first kappa shape index (κ1) is 24.8. The van der Waals surface area contributed by atoms with Crippen molar-refractivity contribution in [3.8, 4) is 0 Å². The summed E-state index contributed by atoms with van der Waals surface area (Å²) in [5.41, 5.74) is 1.72. The van der Waals surface area contributed by atoms with E-state index in [4.69, 9.17) is 16.3 Å². The number of hydrogen-bond acceptors (Lipinski definition) is 6. The minimum Gasteiger partial charge on any atom is -0.454 e. The second-order valence-corrected chi connectivity index (χ2v) is 7.89. The Morgan fingerprint density at radius 2 is 1.78 bits per heavy atom. The summed E-state index contributed by atoms with van der Waals surface area (Å²) < 4.78 is 5.06. The number of nitro groups is 1. The second-order valence-electron chi connectivity index (χ2n) is 7.49. The van der Waals surface area contributed by atoms with Crippen molar-refractivity contribution < 1.29 is 24.0 Å². The van der Waals surface area contributed by atoms with E-state index in [-0.39, 0.29) is 22.2 Å². The Hall–Kier alpha value is -3.46. The van der Waals surface area contributed by atoms with Crippen molar-refractivity contribution in [2.75, 3.05) is 6.61 Å². The van der Waals surface area contributed by atoms with Gasteiger partial charge in [0.15, 0.2) is 6.61 Å². The molecule has 0 bridgehead atoms. The molecule has 0 spiro atoms. The molecule has 0 aliphatic carbocycles. The van der Waals surface area contributed by atoms with Gasteiger partial charge in [-0.1, -0.05) is 55.3 Å². The highest BCUT2D eigenvalue weighted by atomic mass is 35.5. The molecule has 0 radical (unpaired) electrons. The van der Waals surface area contributed by atoms with E-state index in [0.717, 1.165) is 23.3 Å². The van der Waals surface area contributed by atoms with Crippen LogP contribution in [0.15, 0.2) is 42.5 Å². The number of rotatable bonds is 9. The molecule has 10 heteroatoms. The zero-order valence-electron chi connectivity index (χ0n) is 17.9. The van der Waals surface area contributed by atoms with E-state index >= 15 is 0 Å². The van der Waals surface area contributed by atoms with Gasteiger partial charge in [0.2, 0.25) is 0 Å². The standard InChI is InChI=1S/C22H24ClN3O6/c1-13(2)20(25-21(28)17-9-8-16(26(30)31)10-18(17)23)22(29)32-12-19(27)24-11-15-6-4-14(3)5-7-15/h4-10,13,20H,11-12H2,1-3H3,(H,24,27)(H,25,28)/t20-/m0/s1. The quantitative estimate of drug-likeness (QED) is 0.335. The Bertz CT molecular complexity index is 1010. The first-order valence-corrected chi connectivity index (χ1v) is 10.2. The molecule has 32 heavy (non-hydrogen) atoms. The summed E-state index contributed by atoms with van der Waals surface area (Å²) in [5.74, 6) is -2.30. The van der Waals surface area contributed by atoms with Crippen LogP contribution in [0.4, 0.5) is 5.69 Å². The smallest absolute Gasteiger partial charge is 0.329 e. The molecular formula is C22H24ClN3O6. The molecular weight excluding hydrogens is 438 g/mol. The highest BCUT2D eigenvalue weighted by Gasteiger charge is 2.28. The molecule has 1 atom stereocenters. The number of nitro benzene ring substituents is 1. The van der Waals surface area contributed by atoms with Crippen molar-refractivity contribution in [1.82, 2.24) is 10.6 Å². The third-order valence-electron chi connectivity index (χ3n) is 4.57. The Morgan fingerprint density at radius 3 is 2.34 bits per heavy atom. The Kier molecular flexibility index (Phi) is 8.71. The number of nitrogens with one attached hydrogen (secondary N) is 2. The van der Waals surface area contributed by atoms with Crippen LogP contribution in [0.3, 0.4) is 0 Å². The lowest BCUT2D eigenvalue weighted by atomic mass is 10.0. The van der Waals surface area contributed by atoms with Crippen LogP contribution in [0.5, 0.6) is 0 Å². The van der Waals surface area contributed by atoms with Crippen molar-refractivity contribution in [1.29, 1.82) is 0 Å². The minimum atomic E-state index is -1.04. The number of amides is 2. The number of esters is 1. The van der Waals surface area contributed by atoms with E-state index in [1.54, 1.807) is 13.8 Å². The highest BCUT2D eigenvalue weighted by molar-refractivity contribution is 6.34. The average molecular weight is 462 g/mol. The number of halogens is 1. The predicted molar refractivity (Wildman–Crippen MR) is 118 cm³/mol. The van der Waals surface area contributed by atoms with E-state index in [0.29, 0.717) is 6.54 Å². The molecule has 2 N–H and O–H groups in total. The van der Waals surface area contributed by atoms with Gasteiger partial charge in [0.05, 0.1) is 15.5 Å². The fraction of sp³-hybridized carbons (Fsp3) is 0.318. The van der Waals surface area contributed by atoms with Gasteiger partial charge < -0.3 is 15.4 Å². The van der Waals surface area contributed by atoms with E-state index in [1.807, 2.05) is 31.2 Å². The molecule has 0 aliphatic rings. The lowest BCUT2D eigenvalue weighted by Crippen LogP contribution is -2.46. The number of ether oxygens (including phenoxy) is 1. The van der Waals surface area contributed by atoms with Crippen LogP contribution in [0.25, 0.3) is 0 Å². The first-order valence-electron chi connectivity index (χ1n) is 9.82. The molecule has 2 aromatic rings. The zero-order chi connectivity index (χ0) is 23.8. The molecule has 170 valence electrons. The van der Waals surface area contributed by atoms with Gasteiger partial charge in [0, 0.05) is 18.7 Å². The van der Waals surface area contributed by atoms with Crippen molar-refractivity contribution in [3.05, 3.63) is 74.3 Å². The van der Waals surface area contributed by atoms with Crippen molar-refractivity contribution in [2.45, 2.75) is 33.4 Å². The normalized spacial score (nSPS) is 11.5. The summed E-state index contributed by atoms with van der Waals surface area (Å²) >= 11 is 5.97. The Labute approximate surface area is 190 Å². The van der Waals surface area contributed by atoms with Gasteiger partial charge in [-0.2, -0.15) is 0 Å². The molecule has 0 unspecified atom stereocenters. The maximum atomic E-state index is 12.5. The average Bonchev–Trinajstić information content (AvgIpc) is 2.74. The van der Waals surface area contributed by atoms with Crippen LogP contribution in [-0.2, 0) is 20.9 Å².